The van der Waals surface area contributed by atoms with Crippen molar-refractivity contribution in [2.75, 3.05) is 0 Å². The second kappa shape index (κ2) is 4.86. The number of nitrogens with zero attached hydrogens (tertiary/aromatic N) is 1. The second-order valence-corrected chi connectivity index (χ2v) is 4.59. The lowest BCUT2D eigenvalue weighted by Crippen LogP contribution is -2.00. The first kappa shape index (κ1) is 11.9. The van der Waals surface area contributed by atoms with Crippen molar-refractivity contribution in [2.24, 2.45) is 5.73 Å². The van der Waals surface area contributed by atoms with E-state index in [1.165, 1.54) is 6.07 Å². The molecule has 0 saturated heterocycles. The summed E-state index contributed by atoms with van der Waals surface area (Å²) in [4.78, 5) is 0. The Hall–Kier alpha value is -2.13. The third kappa shape index (κ3) is 2.13. The van der Waals surface area contributed by atoms with Crippen LogP contribution in [0.5, 0.6) is 0 Å². The van der Waals surface area contributed by atoms with Gasteiger partial charge in [-0.15, -0.1) is 0 Å². The van der Waals surface area contributed by atoms with Gasteiger partial charge in [-0.3, -0.25) is 0 Å². The minimum absolute atomic E-state index is 0.172. The fourth-order valence-electron chi connectivity index (χ4n) is 2.43. The Morgan fingerprint density at radius 3 is 2.47 bits per heavy atom. The molecule has 0 amide bonds. The lowest BCUT2D eigenvalue weighted by molar-refractivity contribution is 0.602. The Balaban J connectivity index is 2.09. The van der Waals surface area contributed by atoms with Gasteiger partial charge in [0.15, 0.2) is 0 Å². The zero-order chi connectivity index (χ0) is 13.2. The lowest BCUT2D eigenvalue weighted by Gasteiger charge is -2.06. The number of hydrogen-bond acceptors (Lipinski definition) is 1. The van der Waals surface area contributed by atoms with Crippen molar-refractivity contribution in [2.45, 2.75) is 13.1 Å². The summed E-state index contributed by atoms with van der Waals surface area (Å²) in [6, 6.07) is 14.9. The van der Waals surface area contributed by atoms with Crippen molar-refractivity contribution >= 4 is 10.9 Å². The third-order valence-corrected chi connectivity index (χ3v) is 3.39. The van der Waals surface area contributed by atoms with E-state index >= 15 is 0 Å². The van der Waals surface area contributed by atoms with Gasteiger partial charge in [0, 0.05) is 29.2 Å². The predicted molar refractivity (Wildman–Crippen MR) is 75.3 cm³/mol. The van der Waals surface area contributed by atoms with Crippen LogP contribution in [0.25, 0.3) is 10.9 Å². The van der Waals surface area contributed by atoms with Gasteiger partial charge < -0.3 is 10.3 Å². The van der Waals surface area contributed by atoms with Crippen LogP contribution in [0, 0.1) is 5.82 Å². The Morgan fingerprint density at radius 2 is 1.68 bits per heavy atom. The molecule has 3 heteroatoms. The molecular weight excluding hydrogens is 239 g/mol. The molecule has 0 aliphatic heterocycles. The first-order chi connectivity index (χ1) is 9.29. The van der Waals surface area contributed by atoms with Gasteiger partial charge in [-0.2, -0.15) is 0 Å². The Labute approximate surface area is 111 Å². The third-order valence-electron chi connectivity index (χ3n) is 3.39. The molecular formula is C16H15FN2. The first-order valence-corrected chi connectivity index (χ1v) is 6.30. The van der Waals surface area contributed by atoms with Crippen LogP contribution in [0.15, 0.2) is 54.7 Å². The molecule has 0 atom stereocenters. The monoisotopic (exact) mass is 254 g/mol. The summed E-state index contributed by atoms with van der Waals surface area (Å²) >= 11 is 0. The van der Waals surface area contributed by atoms with E-state index in [9.17, 15) is 4.39 Å². The van der Waals surface area contributed by atoms with Gasteiger partial charge in [0.2, 0.25) is 0 Å². The molecule has 0 unspecified atom stereocenters. The summed E-state index contributed by atoms with van der Waals surface area (Å²) in [5.41, 5.74) is 8.63. The van der Waals surface area contributed by atoms with Crippen molar-refractivity contribution in [3.8, 4) is 0 Å². The second-order valence-electron chi connectivity index (χ2n) is 4.59. The normalized spacial score (nSPS) is 11.1. The van der Waals surface area contributed by atoms with E-state index in [1.54, 1.807) is 6.07 Å². The molecule has 96 valence electrons. The van der Waals surface area contributed by atoms with Crippen LogP contribution in [-0.2, 0) is 13.1 Å². The molecule has 19 heavy (non-hydrogen) atoms. The van der Waals surface area contributed by atoms with E-state index in [0.717, 1.165) is 16.5 Å². The molecule has 0 bridgehead atoms. The van der Waals surface area contributed by atoms with E-state index in [-0.39, 0.29) is 5.82 Å². The van der Waals surface area contributed by atoms with Crippen LogP contribution in [0.3, 0.4) is 0 Å². The van der Waals surface area contributed by atoms with Gasteiger partial charge in [0.1, 0.15) is 5.82 Å². The molecule has 1 aromatic heterocycles. The number of para-hydroxylation sites is 1. The van der Waals surface area contributed by atoms with Crippen LogP contribution in [-0.4, -0.2) is 4.57 Å². The number of rotatable bonds is 3. The fourth-order valence-corrected chi connectivity index (χ4v) is 2.43. The van der Waals surface area contributed by atoms with Gasteiger partial charge in [-0.05, 0) is 17.7 Å². The highest BCUT2D eigenvalue weighted by Crippen LogP contribution is 2.22. The number of hydrogen-bond donors (Lipinski definition) is 1. The molecule has 0 fully saturated rings. The maximum absolute atomic E-state index is 13.7. The number of fused-ring (bicyclic) bond motifs is 1. The quantitative estimate of drug-likeness (QED) is 0.764. The standard InChI is InChI=1S/C16H15FN2/c17-15-7-3-1-5-12(15)10-19-11-13(9-18)14-6-2-4-8-16(14)19/h1-8,11H,9-10,18H2. The van der Waals surface area contributed by atoms with Gasteiger partial charge in [-0.1, -0.05) is 36.4 Å². The summed E-state index contributed by atoms with van der Waals surface area (Å²) in [5.74, 6) is -0.172. The fraction of sp³-hybridized carbons (Fsp3) is 0.125. The zero-order valence-electron chi connectivity index (χ0n) is 10.5. The lowest BCUT2D eigenvalue weighted by atomic mass is 10.2. The van der Waals surface area contributed by atoms with E-state index in [4.69, 9.17) is 5.73 Å². The molecule has 2 nitrogen and oxygen atoms in total. The summed E-state index contributed by atoms with van der Waals surface area (Å²) < 4.78 is 15.8. The predicted octanol–water partition coefficient (Wildman–Crippen LogP) is 3.29. The summed E-state index contributed by atoms with van der Waals surface area (Å²) in [6.07, 6.45) is 2.01. The average molecular weight is 254 g/mol. The smallest absolute Gasteiger partial charge is 0.128 e. The van der Waals surface area contributed by atoms with Crippen molar-refractivity contribution in [1.82, 2.24) is 4.57 Å². The minimum atomic E-state index is -0.172. The first-order valence-electron chi connectivity index (χ1n) is 6.30. The van der Waals surface area contributed by atoms with E-state index in [2.05, 4.69) is 10.6 Å². The van der Waals surface area contributed by atoms with Crippen molar-refractivity contribution in [3.05, 3.63) is 71.7 Å². The largest absolute Gasteiger partial charge is 0.343 e. The van der Waals surface area contributed by atoms with Crippen LogP contribution < -0.4 is 5.73 Å². The number of benzene rings is 2. The molecule has 3 aromatic rings. The molecule has 0 saturated carbocycles. The average Bonchev–Trinajstić information content (AvgIpc) is 2.80. The van der Waals surface area contributed by atoms with Gasteiger partial charge in [0.05, 0.1) is 6.54 Å². The maximum Gasteiger partial charge on any atom is 0.128 e. The highest BCUT2D eigenvalue weighted by Gasteiger charge is 2.08. The SMILES string of the molecule is NCc1cn(Cc2ccccc2F)c2ccccc12. The highest BCUT2D eigenvalue weighted by atomic mass is 19.1. The summed E-state index contributed by atoms with van der Waals surface area (Å²) in [6.45, 7) is 1.01. The number of nitrogens with two attached hydrogens (primary N) is 1. The van der Waals surface area contributed by atoms with Crippen LogP contribution in [0.2, 0.25) is 0 Å². The molecule has 2 N–H and O–H groups in total. The van der Waals surface area contributed by atoms with E-state index < -0.39 is 0 Å². The Kier molecular flexibility index (Phi) is 3.05. The van der Waals surface area contributed by atoms with Crippen LogP contribution in [0.1, 0.15) is 11.1 Å². The molecule has 0 spiro atoms. The van der Waals surface area contributed by atoms with Crippen LogP contribution >= 0.6 is 0 Å². The van der Waals surface area contributed by atoms with E-state index in [1.807, 2.05) is 36.5 Å². The van der Waals surface area contributed by atoms with Crippen molar-refractivity contribution < 1.29 is 4.39 Å². The molecule has 0 aliphatic rings. The number of halogens is 1. The minimum Gasteiger partial charge on any atom is -0.343 e. The van der Waals surface area contributed by atoms with Crippen molar-refractivity contribution in [3.63, 3.8) is 0 Å². The van der Waals surface area contributed by atoms with Gasteiger partial charge in [0.25, 0.3) is 0 Å². The summed E-state index contributed by atoms with van der Waals surface area (Å²) in [7, 11) is 0. The van der Waals surface area contributed by atoms with Crippen molar-refractivity contribution in [1.29, 1.82) is 0 Å². The van der Waals surface area contributed by atoms with Gasteiger partial charge in [-0.25, -0.2) is 4.39 Å². The Bertz CT molecular complexity index is 716. The summed E-state index contributed by atoms with van der Waals surface area (Å²) in [5, 5.41) is 1.14. The molecule has 0 radical (unpaired) electrons. The Morgan fingerprint density at radius 1 is 0.947 bits per heavy atom. The molecule has 0 aliphatic carbocycles. The highest BCUT2D eigenvalue weighted by molar-refractivity contribution is 5.84. The van der Waals surface area contributed by atoms with E-state index in [0.29, 0.717) is 18.7 Å². The zero-order valence-corrected chi connectivity index (χ0v) is 10.5. The van der Waals surface area contributed by atoms with Gasteiger partial charge >= 0.3 is 0 Å². The molecule has 1 heterocycles. The van der Waals surface area contributed by atoms with Crippen LogP contribution in [0.4, 0.5) is 4.39 Å². The molecule has 3 rings (SSSR count). The molecule has 2 aromatic carbocycles. The maximum atomic E-state index is 13.7. The topological polar surface area (TPSA) is 30.9 Å². The number of aromatic nitrogens is 1.